The average molecular weight is 187 g/mol. The first-order valence-electron chi connectivity index (χ1n) is 2.86. The van der Waals surface area contributed by atoms with Crippen molar-refractivity contribution in [3.63, 3.8) is 0 Å². The van der Waals surface area contributed by atoms with Gasteiger partial charge in [-0.3, -0.25) is 0 Å². The fraction of sp³-hybridized carbons (Fsp3) is 1.00. The molecular formula is C4H13NO4Ti. The van der Waals surface area contributed by atoms with E-state index in [4.69, 9.17) is 15.9 Å². The standard InChI is InChI=1S/C2H5O.2CH3O.H2NO.Ti/c1-2-3;3*1-2;/h2H2,1H3;2*1H3;1H2;/q4*-1;+4. The van der Waals surface area contributed by atoms with E-state index >= 15 is 0 Å². The second-order valence-corrected chi connectivity index (χ2v) is 5.11. The summed E-state index contributed by atoms with van der Waals surface area (Å²) in [6, 6.07) is 0. The monoisotopic (exact) mass is 187 g/mol. The topological polar surface area (TPSA) is 62.9 Å². The molecule has 0 saturated carbocycles. The van der Waals surface area contributed by atoms with Crippen molar-refractivity contribution in [1.82, 2.24) is 0 Å². The molecule has 62 valence electrons. The van der Waals surface area contributed by atoms with Crippen molar-refractivity contribution in [3.05, 3.63) is 0 Å². The van der Waals surface area contributed by atoms with Crippen LogP contribution in [0.1, 0.15) is 6.92 Å². The summed E-state index contributed by atoms with van der Waals surface area (Å²) in [5.41, 5.74) is 0. The molecule has 0 aromatic carbocycles. The molecule has 0 spiro atoms. The van der Waals surface area contributed by atoms with Gasteiger partial charge in [-0.1, -0.05) is 0 Å². The third kappa shape index (κ3) is 2.63. The molecule has 0 aliphatic heterocycles. The molecule has 0 bridgehead atoms. The van der Waals surface area contributed by atoms with Crippen LogP contribution >= 0.6 is 0 Å². The zero-order valence-electron chi connectivity index (χ0n) is 6.42. The summed E-state index contributed by atoms with van der Waals surface area (Å²) in [6.45, 7) is 2.29. The molecule has 0 amide bonds. The Morgan fingerprint density at radius 2 is 1.80 bits per heavy atom. The third-order valence-electron chi connectivity index (χ3n) is 0.965. The molecule has 5 nitrogen and oxygen atoms in total. The van der Waals surface area contributed by atoms with E-state index in [2.05, 4.69) is 3.42 Å². The summed E-state index contributed by atoms with van der Waals surface area (Å²) < 4.78 is 19.3. The number of rotatable bonds is 5. The van der Waals surface area contributed by atoms with Gasteiger partial charge >= 0.3 is 65.2 Å². The van der Waals surface area contributed by atoms with Crippen molar-refractivity contribution in [2.45, 2.75) is 6.92 Å². The second-order valence-electron chi connectivity index (χ2n) is 1.46. The fourth-order valence-electron chi connectivity index (χ4n) is 0.508. The summed E-state index contributed by atoms with van der Waals surface area (Å²) in [5.74, 6) is 4.92. The van der Waals surface area contributed by atoms with Gasteiger partial charge in [-0.25, -0.2) is 0 Å². The number of hydrogen-bond acceptors (Lipinski definition) is 5. The van der Waals surface area contributed by atoms with Crippen molar-refractivity contribution in [1.29, 1.82) is 0 Å². The van der Waals surface area contributed by atoms with Crippen molar-refractivity contribution >= 4 is 0 Å². The maximum atomic E-state index is 5.07. The summed E-state index contributed by atoms with van der Waals surface area (Å²) in [7, 11) is 2.90. The van der Waals surface area contributed by atoms with Crippen LogP contribution in [0.2, 0.25) is 0 Å². The second kappa shape index (κ2) is 5.20. The molecule has 10 heavy (non-hydrogen) atoms. The molecule has 0 rings (SSSR count). The zero-order valence-corrected chi connectivity index (χ0v) is 7.98. The quantitative estimate of drug-likeness (QED) is 0.485. The van der Waals surface area contributed by atoms with Gasteiger partial charge in [0.25, 0.3) is 0 Å². The van der Waals surface area contributed by atoms with E-state index < -0.39 is 18.1 Å². The molecule has 6 heteroatoms. The Bertz CT molecular complexity index is 79.1. The normalized spacial score (nSPS) is 12.0. The van der Waals surface area contributed by atoms with Gasteiger partial charge in [-0.2, -0.15) is 0 Å². The SMILES string of the molecule is CC[O][Ti]([O]C)([O]C)[O]N. The van der Waals surface area contributed by atoms with E-state index in [1.807, 2.05) is 6.92 Å². The molecule has 0 unspecified atom stereocenters. The minimum atomic E-state index is -3.43. The van der Waals surface area contributed by atoms with Crippen molar-refractivity contribution in [3.8, 4) is 0 Å². The van der Waals surface area contributed by atoms with Gasteiger partial charge in [-0.05, 0) is 0 Å². The first kappa shape index (κ1) is 10.5. The van der Waals surface area contributed by atoms with Crippen molar-refractivity contribution < 1.29 is 31.5 Å². The molecule has 2 N–H and O–H groups in total. The van der Waals surface area contributed by atoms with Gasteiger partial charge in [0.2, 0.25) is 0 Å². The van der Waals surface area contributed by atoms with Crippen LogP contribution in [0.4, 0.5) is 0 Å². The van der Waals surface area contributed by atoms with Gasteiger partial charge in [0.15, 0.2) is 0 Å². The van der Waals surface area contributed by atoms with Crippen LogP contribution in [0.15, 0.2) is 0 Å². The Kier molecular flexibility index (Phi) is 5.47. The Labute approximate surface area is 65.6 Å². The van der Waals surface area contributed by atoms with Crippen LogP contribution in [0.5, 0.6) is 0 Å². The van der Waals surface area contributed by atoms with E-state index in [0.717, 1.165) is 0 Å². The molecule has 0 aliphatic rings. The van der Waals surface area contributed by atoms with Gasteiger partial charge in [0.1, 0.15) is 0 Å². The molecular weight excluding hydrogens is 174 g/mol. The summed E-state index contributed by atoms with van der Waals surface area (Å²) in [5, 5.41) is 0. The molecule has 0 aromatic heterocycles. The van der Waals surface area contributed by atoms with Gasteiger partial charge in [0.05, 0.1) is 0 Å². The molecule has 0 radical (unpaired) electrons. The Hall–Kier alpha value is 0.514. The average Bonchev–Trinajstić information content (AvgIpc) is 2.01. The summed E-state index contributed by atoms with van der Waals surface area (Å²) in [4.78, 5) is 0. The van der Waals surface area contributed by atoms with Crippen LogP contribution in [0, 0.1) is 0 Å². The van der Waals surface area contributed by atoms with E-state index in [1.165, 1.54) is 14.2 Å². The summed E-state index contributed by atoms with van der Waals surface area (Å²) >= 11 is -3.43. The predicted octanol–water partition coefficient (Wildman–Crippen LogP) is 0.0199. The molecule has 0 aliphatic carbocycles. The van der Waals surface area contributed by atoms with E-state index in [9.17, 15) is 0 Å². The summed E-state index contributed by atoms with van der Waals surface area (Å²) in [6.07, 6.45) is 0. The minimum absolute atomic E-state index is 0.471. The van der Waals surface area contributed by atoms with E-state index in [1.54, 1.807) is 0 Å². The van der Waals surface area contributed by atoms with Crippen LogP contribution in [-0.4, -0.2) is 20.8 Å². The van der Waals surface area contributed by atoms with E-state index in [0.29, 0.717) is 6.61 Å². The Morgan fingerprint density at radius 1 is 1.30 bits per heavy atom. The van der Waals surface area contributed by atoms with Gasteiger partial charge in [-0.15, -0.1) is 0 Å². The predicted molar refractivity (Wildman–Crippen MR) is 30.9 cm³/mol. The van der Waals surface area contributed by atoms with Crippen molar-refractivity contribution in [2.75, 3.05) is 20.8 Å². The van der Waals surface area contributed by atoms with Crippen LogP contribution in [0.25, 0.3) is 0 Å². The first-order valence-corrected chi connectivity index (χ1v) is 5.41. The Balaban J connectivity index is 3.87. The zero-order chi connectivity index (χ0) is 8.04. The molecule has 0 fully saturated rings. The number of hydrogen-bond donors (Lipinski definition) is 1. The number of nitrogens with two attached hydrogens (primary N) is 1. The van der Waals surface area contributed by atoms with Crippen LogP contribution in [-0.2, 0) is 31.5 Å². The van der Waals surface area contributed by atoms with Crippen LogP contribution in [0.3, 0.4) is 0 Å². The maximum absolute atomic E-state index is 5.07. The van der Waals surface area contributed by atoms with Crippen LogP contribution < -0.4 is 5.90 Å². The third-order valence-corrected chi connectivity index (χ3v) is 3.98. The van der Waals surface area contributed by atoms with E-state index in [-0.39, 0.29) is 0 Å². The molecule has 0 atom stereocenters. The van der Waals surface area contributed by atoms with Gasteiger partial charge in [0, 0.05) is 0 Å². The first-order chi connectivity index (χ1) is 4.74. The van der Waals surface area contributed by atoms with Gasteiger partial charge < -0.3 is 0 Å². The Morgan fingerprint density at radius 3 is 1.90 bits per heavy atom. The molecule has 0 aromatic rings. The molecule has 0 saturated heterocycles. The molecule has 0 heterocycles. The fourth-order valence-corrected chi connectivity index (χ4v) is 2.10. The van der Waals surface area contributed by atoms with Crippen molar-refractivity contribution in [2.24, 2.45) is 5.90 Å².